The SMILES string of the molecule is NC(=S)N1CCN([C@@H](CC2CCCCC2)C(=O)Nc2nccs2)C(=O)C1. The normalized spacial score (nSPS) is 20.1. The summed E-state index contributed by atoms with van der Waals surface area (Å²) in [7, 11) is 0. The molecule has 0 bridgehead atoms. The third-order valence-electron chi connectivity index (χ3n) is 5.19. The molecule has 9 heteroatoms. The van der Waals surface area contributed by atoms with Crippen LogP contribution in [0.2, 0.25) is 0 Å². The first-order valence-corrected chi connectivity index (χ1v) is 10.4. The molecular formula is C17H25N5O2S2. The van der Waals surface area contributed by atoms with E-state index < -0.39 is 6.04 Å². The number of thiazole rings is 1. The Morgan fingerprint density at radius 2 is 2.15 bits per heavy atom. The summed E-state index contributed by atoms with van der Waals surface area (Å²) in [5, 5.41) is 5.49. The van der Waals surface area contributed by atoms with Crippen LogP contribution in [0.5, 0.6) is 0 Å². The van der Waals surface area contributed by atoms with Crippen LogP contribution < -0.4 is 11.1 Å². The van der Waals surface area contributed by atoms with Gasteiger partial charge in [0.1, 0.15) is 6.04 Å². The Hall–Kier alpha value is -1.74. The van der Waals surface area contributed by atoms with E-state index in [0.717, 1.165) is 12.8 Å². The second-order valence-corrected chi connectivity index (χ2v) is 8.24. The minimum atomic E-state index is -0.469. The van der Waals surface area contributed by atoms with Crippen LogP contribution in [0.25, 0.3) is 0 Å². The molecule has 26 heavy (non-hydrogen) atoms. The van der Waals surface area contributed by atoms with E-state index in [9.17, 15) is 9.59 Å². The average Bonchev–Trinajstić information content (AvgIpc) is 3.13. The lowest BCUT2D eigenvalue weighted by Gasteiger charge is -2.40. The highest BCUT2D eigenvalue weighted by molar-refractivity contribution is 7.80. The Morgan fingerprint density at radius 3 is 2.77 bits per heavy atom. The van der Waals surface area contributed by atoms with Gasteiger partial charge in [-0.25, -0.2) is 4.98 Å². The van der Waals surface area contributed by atoms with E-state index in [1.54, 1.807) is 16.0 Å². The first kappa shape index (κ1) is 19.0. The Balaban J connectivity index is 1.72. The summed E-state index contributed by atoms with van der Waals surface area (Å²) < 4.78 is 0. The van der Waals surface area contributed by atoms with Crippen molar-refractivity contribution in [3.05, 3.63) is 11.6 Å². The fraction of sp³-hybridized carbons (Fsp3) is 0.647. The molecule has 7 nitrogen and oxygen atoms in total. The number of nitrogens with one attached hydrogen (secondary N) is 1. The van der Waals surface area contributed by atoms with Gasteiger partial charge in [0.25, 0.3) is 0 Å². The van der Waals surface area contributed by atoms with Gasteiger partial charge in [0.2, 0.25) is 11.8 Å². The van der Waals surface area contributed by atoms with Crippen molar-refractivity contribution in [3.63, 3.8) is 0 Å². The van der Waals surface area contributed by atoms with Crippen LogP contribution in [-0.4, -0.2) is 57.4 Å². The number of piperazine rings is 1. The maximum absolute atomic E-state index is 12.9. The van der Waals surface area contributed by atoms with Crippen molar-refractivity contribution in [2.45, 2.75) is 44.6 Å². The van der Waals surface area contributed by atoms with Crippen LogP contribution >= 0.6 is 23.6 Å². The van der Waals surface area contributed by atoms with Gasteiger partial charge in [-0.1, -0.05) is 32.1 Å². The van der Waals surface area contributed by atoms with E-state index >= 15 is 0 Å². The van der Waals surface area contributed by atoms with Gasteiger partial charge < -0.3 is 20.9 Å². The van der Waals surface area contributed by atoms with E-state index in [1.165, 1.54) is 30.6 Å². The monoisotopic (exact) mass is 395 g/mol. The molecule has 142 valence electrons. The van der Waals surface area contributed by atoms with Crippen molar-refractivity contribution in [1.82, 2.24) is 14.8 Å². The number of hydrogen-bond acceptors (Lipinski definition) is 5. The van der Waals surface area contributed by atoms with Gasteiger partial charge in [-0.05, 0) is 24.6 Å². The predicted molar refractivity (Wildman–Crippen MR) is 106 cm³/mol. The lowest BCUT2D eigenvalue weighted by atomic mass is 9.84. The van der Waals surface area contributed by atoms with Gasteiger partial charge in [-0.15, -0.1) is 11.3 Å². The van der Waals surface area contributed by atoms with E-state index in [0.29, 0.717) is 30.6 Å². The maximum Gasteiger partial charge on any atom is 0.248 e. The maximum atomic E-state index is 12.9. The van der Waals surface area contributed by atoms with Crippen LogP contribution in [0.3, 0.4) is 0 Å². The average molecular weight is 396 g/mol. The topological polar surface area (TPSA) is 91.6 Å². The second-order valence-electron chi connectivity index (χ2n) is 6.93. The molecule has 1 aliphatic heterocycles. The van der Waals surface area contributed by atoms with Gasteiger partial charge in [0.05, 0.1) is 6.54 Å². The molecule has 1 saturated carbocycles. The number of nitrogens with zero attached hydrogens (tertiary/aromatic N) is 3. The number of nitrogens with two attached hydrogens (primary N) is 1. The van der Waals surface area contributed by atoms with Gasteiger partial charge in [-0.2, -0.15) is 0 Å². The zero-order valence-electron chi connectivity index (χ0n) is 14.7. The third kappa shape index (κ3) is 4.70. The Morgan fingerprint density at radius 1 is 1.38 bits per heavy atom. The molecule has 1 aromatic heterocycles. The summed E-state index contributed by atoms with van der Waals surface area (Å²) in [6.45, 7) is 1.16. The molecule has 1 atom stereocenters. The van der Waals surface area contributed by atoms with Gasteiger partial charge in [0, 0.05) is 24.7 Å². The van der Waals surface area contributed by atoms with Gasteiger partial charge >= 0.3 is 0 Å². The number of thiocarbonyl (C=S) groups is 1. The summed E-state index contributed by atoms with van der Waals surface area (Å²) in [6, 6.07) is -0.469. The largest absolute Gasteiger partial charge is 0.376 e. The molecular weight excluding hydrogens is 370 g/mol. The molecule has 2 fully saturated rings. The summed E-state index contributed by atoms with van der Waals surface area (Å²) in [4.78, 5) is 33.1. The fourth-order valence-corrected chi connectivity index (χ4v) is 4.48. The number of aromatic nitrogens is 1. The lowest BCUT2D eigenvalue weighted by Crippen LogP contribution is -2.59. The first-order valence-electron chi connectivity index (χ1n) is 9.09. The number of carbonyl (C=O) groups excluding carboxylic acids is 2. The van der Waals surface area contributed by atoms with Crippen molar-refractivity contribution >= 4 is 45.6 Å². The van der Waals surface area contributed by atoms with E-state index in [2.05, 4.69) is 10.3 Å². The lowest BCUT2D eigenvalue weighted by molar-refractivity contribution is -0.142. The Bertz CT molecular complexity index is 646. The molecule has 2 aliphatic rings. The van der Waals surface area contributed by atoms with Crippen molar-refractivity contribution < 1.29 is 9.59 Å². The smallest absolute Gasteiger partial charge is 0.248 e. The molecule has 0 spiro atoms. The highest BCUT2D eigenvalue weighted by Crippen LogP contribution is 2.29. The molecule has 3 rings (SSSR count). The van der Waals surface area contributed by atoms with E-state index in [4.69, 9.17) is 18.0 Å². The third-order valence-corrected chi connectivity index (χ3v) is 6.14. The van der Waals surface area contributed by atoms with Crippen LogP contribution in [0.1, 0.15) is 38.5 Å². The molecule has 0 aromatic carbocycles. The second kappa shape index (κ2) is 8.77. The molecule has 1 saturated heterocycles. The van der Waals surface area contributed by atoms with Crippen molar-refractivity contribution in [3.8, 4) is 0 Å². The number of carbonyl (C=O) groups is 2. The van der Waals surface area contributed by atoms with Crippen LogP contribution in [0.15, 0.2) is 11.6 Å². The highest BCUT2D eigenvalue weighted by atomic mass is 32.1. The molecule has 1 aromatic rings. The van der Waals surface area contributed by atoms with Gasteiger partial charge in [0.15, 0.2) is 10.2 Å². The zero-order chi connectivity index (χ0) is 18.5. The number of amides is 2. The number of rotatable bonds is 5. The summed E-state index contributed by atoms with van der Waals surface area (Å²) in [6.07, 6.45) is 8.28. The van der Waals surface area contributed by atoms with Crippen LogP contribution in [-0.2, 0) is 9.59 Å². The quantitative estimate of drug-likeness (QED) is 0.739. The predicted octanol–water partition coefficient (Wildman–Crippen LogP) is 1.81. The number of anilines is 1. The van der Waals surface area contributed by atoms with Gasteiger partial charge in [-0.3, -0.25) is 9.59 Å². The van der Waals surface area contributed by atoms with E-state index in [-0.39, 0.29) is 23.5 Å². The minimum Gasteiger partial charge on any atom is -0.376 e. The molecule has 2 heterocycles. The van der Waals surface area contributed by atoms with Crippen molar-refractivity contribution in [2.75, 3.05) is 25.0 Å². The Labute approximate surface area is 162 Å². The van der Waals surface area contributed by atoms with Crippen LogP contribution in [0, 0.1) is 5.92 Å². The summed E-state index contributed by atoms with van der Waals surface area (Å²) in [5.74, 6) is 0.235. The molecule has 3 N–H and O–H groups in total. The van der Waals surface area contributed by atoms with Crippen LogP contribution in [0.4, 0.5) is 5.13 Å². The first-order chi connectivity index (χ1) is 12.5. The molecule has 0 radical (unpaired) electrons. The fourth-order valence-electron chi connectivity index (χ4n) is 3.79. The minimum absolute atomic E-state index is 0.0980. The molecule has 2 amide bonds. The zero-order valence-corrected chi connectivity index (χ0v) is 16.4. The number of hydrogen-bond donors (Lipinski definition) is 2. The standard InChI is InChI=1S/C17H25N5O2S2/c18-16(25)21-7-8-22(14(23)11-21)13(10-12-4-2-1-3-5-12)15(24)20-17-19-6-9-26-17/h6,9,12-13H,1-5,7-8,10-11H2,(H2,18,25)(H,19,20,24)/t13-/m0/s1. The van der Waals surface area contributed by atoms with Crippen molar-refractivity contribution in [2.24, 2.45) is 11.7 Å². The van der Waals surface area contributed by atoms with E-state index in [1.807, 2.05) is 5.38 Å². The molecule has 1 aliphatic carbocycles. The Kier molecular flexibility index (Phi) is 6.42. The summed E-state index contributed by atoms with van der Waals surface area (Å²) >= 11 is 6.36. The van der Waals surface area contributed by atoms with Crippen molar-refractivity contribution in [1.29, 1.82) is 0 Å². The molecule has 0 unspecified atom stereocenters. The highest BCUT2D eigenvalue weighted by Gasteiger charge is 2.36. The summed E-state index contributed by atoms with van der Waals surface area (Å²) in [5.41, 5.74) is 5.65.